The van der Waals surface area contributed by atoms with Crippen molar-refractivity contribution >= 4 is 47.2 Å². The Morgan fingerprint density at radius 3 is 2.33 bits per heavy atom. The first-order valence-corrected chi connectivity index (χ1v) is 13.6. The minimum atomic E-state index is -1.19. The molecular weight excluding hydrogens is 536 g/mol. The fraction of sp³-hybridized carbons (Fsp3) is 0.423. The summed E-state index contributed by atoms with van der Waals surface area (Å²) in [4.78, 5) is 60.7. The number of imidazole rings is 1. The third kappa shape index (κ3) is 8.56. The van der Waals surface area contributed by atoms with Crippen LogP contribution in [0, 0.1) is 0 Å². The standard InChI is InChI=1S/C26H36N8O5S/c27-8-4-3-7-20(26(38)39)32-25(37)22(13-40)34-24(36)21(10-16-12-29-14-31-16)33-23(35)18(28)9-15-11-30-19-6-2-1-5-17(15)19/h1-2,5-6,11-12,14,18,20-22,30,40H,3-4,7-10,13,27-28H2,(H,29,31)(H,32,37)(H,33,35)(H,34,36)(H,38,39). The number of rotatable bonds is 16. The minimum Gasteiger partial charge on any atom is -0.480 e. The van der Waals surface area contributed by atoms with Gasteiger partial charge in [-0.25, -0.2) is 9.78 Å². The van der Waals surface area contributed by atoms with Crippen molar-refractivity contribution in [3.8, 4) is 0 Å². The van der Waals surface area contributed by atoms with E-state index in [1.165, 1.54) is 12.5 Å². The molecule has 1 aromatic carbocycles. The number of carbonyl (C=O) groups is 4. The second kappa shape index (κ2) is 15.1. The summed E-state index contributed by atoms with van der Waals surface area (Å²) in [6.45, 7) is 0.407. The number of unbranched alkanes of at least 4 members (excludes halogenated alkanes) is 1. The molecule has 0 radical (unpaired) electrons. The number of fused-ring (bicyclic) bond motifs is 1. The molecule has 0 aliphatic rings. The molecule has 0 saturated carbocycles. The number of amides is 3. The number of carboxylic acids is 1. The van der Waals surface area contributed by atoms with Gasteiger partial charge in [-0.05, 0) is 43.9 Å². The van der Waals surface area contributed by atoms with Crippen LogP contribution in [0.25, 0.3) is 10.9 Å². The molecule has 0 fully saturated rings. The summed E-state index contributed by atoms with van der Waals surface area (Å²) in [5.74, 6) is -3.21. The first-order chi connectivity index (χ1) is 19.2. The van der Waals surface area contributed by atoms with Gasteiger partial charge in [0.1, 0.15) is 18.1 Å². The molecule has 3 amide bonds. The molecule has 13 nitrogen and oxygen atoms in total. The van der Waals surface area contributed by atoms with Crippen LogP contribution in [0.4, 0.5) is 0 Å². The third-order valence-corrected chi connectivity index (χ3v) is 6.81. The van der Waals surface area contributed by atoms with E-state index in [-0.39, 0.29) is 25.0 Å². The quantitative estimate of drug-likeness (QED) is 0.0810. The maximum absolute atomic E-state index is 13.3. The molecule has 216 valence electrons. The maximum atomic E-state index is 13.3. The second-order valence-electron chi connectivity index (χ2n) is 9.44. The Morgan fingerprint density at radius 2 is 1.65 bits per heavy atom. The Kier molecular flexibility index (Phi) is 11.5. The van der Waals surface area contributed by atoms with E-state index in [2.05, 4.69) is 43.5 Å². The normalized spacial score (nSPS) is 14.2. The SMILES string of the molecule is NCCCCC(NC(=O)C(CS)NC(=O)C(Cc1cnc[nH]1)NC(=O)C(N)Cc1c[nH]c2ccccc12)C(=O)O. The van der Waals surface area contributed by atoms with Crippen LogP contribution in [0.3, 0.4) is 0 Å². The molecule has 0 aliphatic carbocycles. The molecule has 40 heavy (non-hydrogen) atoms. The van der Waals surface area contributed by atoms with Crippen LogP contribution >= 0.6 is 12.6 Å². The lowest BCUT2D eigenvalue weighted by molar-refractivity contribution is -0.142. The van der Waals surface area contributed by atoms with Crippen LogP contribution in [0.1, 0.15) is 30.5 Å². The van der Waals surface area contributed by atoms with Gasteiger partial charge in [-0.3, -0.25) is 14.4 Å². The Labute approximate surface area is 236 Å². The molecule has 0 bridgehead atoms. The van der Waals surface area contributed by atoms with Gasteiger partial charge in [0.2, 0.25) is 17.7 Å². The van der Waals surface area contributed by atoms with Gasteiger partial charge in [0, 0.05) is 41.2 Å². The molecule has 2 aromatic heterocycles. The van der Waals surface area contributed by atoms with Crippen molar-refractivity contribution in [1.82, 2.24) is 30.9 Å². The van der Waals surface area contributed by atoms with E-state index in [4.69, 9.17) is 11.5 Å². The second-order valence-corrected chi connectivity index (χ2v) is 9.81. The van der Waals surface area contributed by atoms with Gasteiger partial charge in [-0.2, -0.15) is 12.6 Å². The van der Waals surface area contributed by atoms with E-state index in [1.807, 2.05) is 24.3 Å². The zero-order valence-electron chi connectivity index (χ0n) is 21.9. The number of H-pyrrole nitrogens is 2. The summed E-state index contributed by atoms with van der Waals surface area (Å²) in [5.41, 5.74) is 14.0. The van der Waals surface area contributed by atoms with Gasteiger partial charge in [0.25, 0.3) is 0 Å². The predicted octanol–water partition coefficient (Wildman–Crippen LogP) is -0.399. The van der Waals surface area contributed by atoms with E-state index < -0.39 is 47.9 Å². The van der Waals surface area contributed by atoms with Gasteiger partial charge in [0.15, 0.2) is 0 Å². The largest absolute Gasteiger partial charge is 0.480 e. The number of benzene rings is 1. The number of aromatic nitrogens is 3. The van der Waals surface area contributed by atoms with E-state index in [9.17, 15) is 24.3 Å². The smallest absolute Gasteiger partial charge is 0.326 e. The van der Waals surface area contributed by atoms with E-state index in [0.29, 0.717) is 25.1 Å². The number of para-hydroxylation sites is 1. The Morgan fingerprint density at radius 1 is 0.950 bits per heavy atom. The number of hydrogen-bond donors (Lipinski definition) is 9. The molecule has 14 heteroatoms. The van der Waals surface area contributed by atoms with Gasteiger partial charge >= 0.3 is 5.97 Å². The van der Waals surface area contributed by atoms with Crippen molar-refractivity contribution in [2.75, 3.05) is 12.3 Å². The third-order valence-electron chi connectivity index (χ3n) is 6.44. The summed E-state index contributed by atoms with van der Waals surface area (Å²) < 4.78 is 0. The molecule has 0 spiro atoms. The molecular formula is C26H36N8O5S. The molecule has 10 N–H and O–H groups in total. The first kappa shape index (κ1) is 30.7. The number of aliphatic carboxylic acids is 1. The van der Waals surface area contributed by atoms with Crippen molar-refractivity contribution in [3.63, 3.8) is 0 Å². The fourth-order valence-electron chi connectivity index (χ4n) is 4.22. The monoisotopic (exact) mass is 572 g/mol. The number of aromatic amines is 2. The van der Waals surface area contributed by atoms with Gasteiger partial charge in [-0.1, -0.05) is 18.2 Å². The highest BCUT2D eigenvalue weighted by atomic mass is 32.1. The van der Waals surface area contributed by atoms with Crippen LogP contribution in [-0.4, -0.2) is 80.2 Å². The molecule has 4 unspecified atom stereocenters. The van der Waals surface area contributed by atoms with Crippen LogP contribution < -0.4 is 27.4 Å². The molecule has 4 atom stereocenters. The van der Waals surface area contributed by atoms with E-state index in [1.54, 1.807) is 6.20 Å². The highest BCUT2D eigenvalue weighted by Gasteiger charge is 2.30. The molecule has 2 heterocycles. The number of nitrogens with one attached hydrogen (secondary N) is 5. The summed E-state index contributed by atoms with van der Waals surface area (Å²) >= 11 is 4.16. The van der Waals surface area contributed by atoms with Crippen LogP contribution in [0.5, 0.6) is 0 Å². The van der Waals surface area contributed by atoms with Crippen LogP contribution in [0.2, 0.25) is 0 Å². The van der Waals surface area contributed by atoms with E-state index in [0.717, 1.165) is 16.5 Å². The molecule has 0 saturated heterocycles. The van der Waals surface area contributed by atoms with Gasteiger partial charge < -0.3 is 42.5 Å². The Hall–Kier alpha value is -3.88. The number of carboxylic acid groups (broad SMARTS) is 1. The Balaban J connectivity index is 1.67. The van der Waals surface area contributed by atoms with Gasteiger partial charge in [0.05, 0.1) is 12.4 Å². The number of carbonyl (C=O) groups excluding carboxylic acids is 3. The molecule has 3 rings (SSSR count). The average Bonchev–Trinajstić information content (AvgIpc) is 3.60. The van der Waals surface area contributed by atoms with E-state index >= 15 is 0 Å². The van der Waals surface area contributed by atoms with Gasteiger partial charge in [-0.15, -0.1) is 0 Å². The minimum absolute atomic E-state index is 0.0507. The highest BCUT2D eigenvalue weighted by molar-refractivity contribution is 7.80. The van der Waals surface area contributed by atoms with Crippen LogP contribution in [-0.2, 0) is 32.0 Å². The lowest BCUT2D eigenvalue weighted by Gasteiger charge is -2.24. The Bertz CT molecular complexity index is 1280. The van der Waals surface area contributed by atoms with Crippen LogP contribution in [0.15, 0.2) is 43.0 Å². The summed E-state index contributed by atoms with van der Waals surface area (Å²) in [5, 5.41) is 18.1. The summed E-state index contributed by atoms with van der Waals surface area (Å²) in [6, 6.07) is 3.30. The maximum Gasteiger partial charge on any atom is 0.326 e. The zero-order valence-corrected chi connectivity index (χ0v) is 22.8. The highest BCUT2D eigenvalue weighted by Crippen LogP contribution is 2.19. The van der Waals surface area contributed by atoms with Crippen molar-refractivity contribution in [2.24, 2.45) is 11.5 Å². The van der Waals surface area contributed by atoms with Crippen molar-refractivity contribution in [3.05, 3.63) is 54.2 Å². The lowest BCUT2D eigenvalue weighted by atomic mass is 10.0. The van der Waals surface area contributed by atoms with Crippen molar-refractivity contribution in [1.29, 1.82) is 0 Å². The molecule has 0 aliphatic heterocycles. The number of hydrogen-bond acceptors (Lipinski definition) is 8. The number of nitrogens with two attached hydrogens (primary N) is 2. The lowest BCUT2D eigenvalue weighted by Crippen LogP contribution is -2.58. The fourth-order valence-corrected chi connectivity index (χ4v) is 4.48. The topological polar surface area (TPSA) is 221 Å². The zero-order chi connectivity index (χ0) is 29.1. The first-order valence-electron chi connectivity index (χ1n) is 13.0. The van der Waals surface area contributed by atoms with Crippen molar-refractivity contribution < 1.29 is 24.3 Å². The number of nitrogens with zero attached hydrogens (tertiary/aromatic N) is 1. The summed E-state index contributed by atoms with van der Waals surface area (Å²) in [6.07, 6.45) is 6.36. The molecule has 3 aromatic rings. The summed E-state index contributed by atoms with van der Waals surface area (Å²) in [7, 11) is 0. The average molecular weight is 573 g/mol. The van der Waals surface area contributed by atoms with Crippen molar-refractivity contribution in [2.45, 2.75) is 56.3 Å². The predicted molar refractivity (Wildman–Crippen MR) is 152 cm³/mol. The number of thiol groups is 1.